The highest BCUT2D eigenvalue weighted by molar-refractivity contribution is 4.80. The molecule has 1 saturated heterocycles. The lowest BCUT2D eigenvalue weighted by atomic mass is 9.96. The summed E-state index contributed by atoms with van der Waals surface area (Å²) in [7, 11) is 0. The van der Waals surface area contributed by atoms with Crippen molar-refractivity contribution in [2.75, 3.05) is 6.54 Å². The van der Waals surface area contributed by atoms with Gasteiger partial charge in [0.15, 0.2) is 0 Å². The van der Waals surface area contributed by atoms with Gasteiger partial charge in [0.2, 0.25) is 0 Å². The molecular weight excluding hydrogens is 117 g/mol. The lowest BCUT2D eigenvalue weighted by molar-refractivity contribution is 0.175. The number of nitrogens with one attached hydrogen (secondary N) is 1. The van der Waals surface area contributed by atoms with Gasteiger partial charge in [-0.15, -0.1) is 0 Å². The third kappa shape index (κ3) is 1.65. The first-order chi connectivity index (χ1) is 4.20. The Bertz CT molecular complexity index is 94.9. The van der Waals surface area contributed by atoms with Crippen molar-refractivity contribution in [2.45, 2.75) is 32.5 Å². The van der Waals surface area contributed by atoms with Gasteiger partial charge >= 0.3 is 0 Å². The minimum Gasteiger partial charge on any atom is -0.311 e. The van der Waals surface area contributed by atoms with E-state index in [1.54, 1.807) is 0 Å². The second-order valence-electron chi connectivity index (χ2n) is 3.05. The summed E-state index contributed by atoms with van der Waals surface area (Å²) in [6, 6.07) is 0.0706. The molecule has 0 amide bonds. The molecular formula is C7H14FN. The van der Waals surface area contributed by atoms with E-state index in [-0.39, 0.29) is 6.04 Å². The summed E-state index contributed by atoms with van der Waals surface area (Å²) >= 11 is 0. The van der Waals surface area contributed by atoms with Gasteiger partial charge in [0.25, 0.3) is 0 Å². The van der Waals surface area contributed by atoms with Crippen molar-refractivity contribution in [1.82, 2.24) is 5.32 Å². The molecule has 3 atom stereocenters. The SMILES string of the molecule is CC1CNC(C)C(F)C1. The van der Waals surface area contributed by atoms with Crippen LogP contribution in [0.2, 0.25) is 0 Å². The number of hydrogen-bond acceptors (Lipinski definition) is 1. The average Bonchev–Trinajstić information content (AvgIpc) is 1.80. The van der Waals surface area contributed by atoms with Crippen LogP contribution in [0.5, 0.6) is 0 Å². The van der Waals surface area contributed by atoms with Gasteiger partial charge in [-0.05, 0) is 25.8 Å². The standard InChI is InChI=1S/C7H14FN/c1-5-3-7(8)6(2)9-4-5/h5-7,9H,3-4H2,1-2H3. The Hall–Kier alpha value is -0.110. The minimum atomic E-state index is -0.631. The topological polar surface area (TPSA) is 12.0 Å². The number of rotatable bonds is 0. The van der Waals surface area contributed by atoms with Gasteiger partial charge in [0.05, 0.1) is 0 Å². The maximum atomic E-state index is 12.8. The Labute approximate surface area is 55.6 Å². The lowest BCUT2D eigenvalue weighted by Crippen LogP contribution is -2.43. The fraction of sp³-hybridized carbons (Fsp3) is 1.00. The smallest absolute Gasteiger partial charge is 0.115 e. The zero-order valence-corrected chi connectivity index (χ0v) is 6.02. The number of halogens is 1. The van der Waals surface area contributed by atoms with Crippen LogP contribution in [0, 0.1) is 5.92 Å². The lowest BCUT2D eigenvalue weighted by Gasteiger charge is -2.28. The van der Waals surface area contributed by atoms with Crippen molar-refractivity contribution in [3.63, 3.8) is 0 Å². The zero-order valence-electron chi connectivity index (χ0n) is 6.02. The molecule has 1 rings (SSSR count). The van der Waals surface area contributed by atoms with Gasteiger partial charge in [0.1, 0.15) is 6.17 Å². The maximum Gasteiger partial charge on any atom is 0.115 e. The quantitative estimate of drug-likeness (QED) is 0.523. The van der Waals surface area contributed by atoms with Crippen LogP contribution in [0.1, 0.15) is 20.3 Å². The molecule has 1 aliphatic rings. The van der Waals surface area contributed by atoms with E-state index in [1.807, 2.05) is 6.92 Å². The molecule has 9 heavy (non-hydrogen) atoms. The van der Waals surface area contributed by atoms with Crippen LogP contribution in [-0.4, -0.2) is 18.8 Å². The molecule has 1 heterocycles. The Morgan fingerprint density at radius 2 is 2.11 bits per heavy atom. The van der Waals surface area contributed by atoms with Crippen LogP contribution in [0.4, 0.5) is 4.39 Å². The molecule has 0 aromatic rings. The molecule has 1 nitrogen and oxygen atoms in total. The Balaban J connectivity index is 2.35. The average molecular weight is 131 g/mol. The van der Waals surface area contributed by atoms with E-state index in [2.05, 4.69) is 12.2 Å². The summed E-state index contributed by atoms with van der Waals surface area (Å²) in [5.74, 6) is 0.510. The van der Waals surface area contributed by atoms with Crippen molar-refractivity contribution < 1.29 is 4.39 Å². The van der Waals surface area contributed by atoms with Crippen molar-refractivity contribution in [3.05, 3.63) is 0 Å². The second kappa shape index (κ2) is 2.65. The third-order valence-electron chi connectivity index (χ3n) is 1.96. The van der Waals surface area contributed by atoms with Gasteiger partial charge < -0.3 is 5.32 Å². The third-order valence-corrected chi connectivity index (χ3v) is 1.96. The molecule has 0 radical (unpaired) electrons. The van der Waals surface area contributed by atoms with E-state index in [9.17, 15) is 4.39 Å². The summed E-state index contributed by atoms with van der Waals surface area (Å²) in [5, 5.41) is 3.11. The largest absolute Gasteiger partial charge is 0.311 e. The van der Waals surface area contributed by atoms with Crippen molar-refractivity contribution in [1.29, 1.82) is 0 Å². The zero-order chi connectivity index (χ0) is 6.85. The maximum absolute atomic E-state index is 12.8. The molecule has 0 aromatic heterocycles. The van der Waals surface area contributed by atoms with Gasteiger partial charge in [-0.25, -0.2) is 4.39 Å². The molecule has 54 valence electrons. The molecule has 0 aromatic carbocycles. The number of hydrogen-bond donors (Lipinski definition) is 1. The molecule has 0 spiro atoms. The Morgan fingerprint density at radius 1 is 1.44 bits per heavy atom. The fourth-order valence-electron chi connectivity index (χ4n) is 1.19. The summed E-state index contributed by atoms with van der Waals surface area (Å²) < 4.78 is 12.8. The predicted octanol–water partition coefficient (Wildman–Crippen LogP) is 1.34. The van der Waals surface area contributed by atoms with Crippen LogP contribution in [0.15, 0.2) is 0 Å². The van der Waals surface area contributed by atoms with Gasteiger partial charge in [-0.1, -0.05) is 6.92 Å². The predicted molar refractivity (Wildman–Crippen MR) is 36.1 cm³/mol. The normalized spacial score (nSPS) is 45.0. The van der Waals surface area contributed by atoms with E-state index < -0.39 is 6.17 Å². The van der Waals surface area contributed by atoms with Crippen LogP contribution in [-0.2, 0) is 0 Å². The fourth-order valence-corrected chi connectivity index (χ4v) is 1.19. The van der Waals surface area contributed by atoms with Crippen LogP contribution in [0.25, 0.3) is 0 Å². The first-order valence-electron chi connectivity index (χ1n) is 3.57. The second-order valence-corrected chi connectivity index (χ2v) is 3.05. The Morgan fingerprint density at radius 3 is 2.56 bits per heavy atom. The highest BCUT2D eigenvalue weighted by Crippen LogP contribution is 2.16. The van der Waals surface area contributed by atoms with E-state index in [0.29, 0.717) is 5.92 Å². The van der Waals surface area contributed by atoms with Crippen LogP contribution in [0.3, 0.4) is 0 Å². The number of piperidine rings is 1. The van der Waals surface area contributed by atoms with Crippen molar-refractivity contribution in [3.8, 4) is 0 Å². The van der Waals surface area contributed by atoms with Crippen LogP contribution >= 0.6 is 0 Å². The first-order valence-corrected chi connectivity index (χ1v) is 3.57. The first kappa shape index (κ1) is 7.00. The van der Waals surface area contributed by atoms with Crippen LogP contribution < -0.4 is 5.32 Å². The van der Waals surface area contributed by atoms with E-state index in [1.165, 1.54) is 0 Å². The molecule has 0 saturated carbocycles. The molecule has 3 unspecified atom stereocenters. The molecule has 1 N–H and O–H groups in total. The molecule has 1 aliphatic heterocycles. The van der Waals surface area contributed by atoms with Crippen molar-refractivity contribution >= 4 is 0 Å². The summed E-state index contributed by atoms with van der Waals surface area (Å²) in [6.07, 6.45) is 0.0995. The Kier molecular flexibility index (Phi) is 2.06. The van der Waals surface area contributed by atoms with E-state index >= 15 is 0 Å². The molecule has 1 fully saturated rings. The molecule has 2 heteroatoms. The summed E-state index contributed by atoms with van der Waals surface area (Å²) in [5.41, 5.74) is 0. The highest BCUT2D eigenvalue weighted by Gasteiger charge is 2.23. The summed E-state index contributed by atoms with van der Waals surface area (Å²) in [4.78, 5) is 0. The van der Waals surface area contributed by atoms with E-state index in [0.717, 1.165) is 13.0 Å². The van der Waals surface area contributed by atoms with Gasteiger partial charge in [-0.3, -0.25) is 0 Å². The van der Waals surface area contributed by atoms with E-state index in [4.69, 9.17) is 0 Å². The molecule has 0 bridgehead atoms. The summed E-state index contributed by atoms with van der Waals surface area (Å²) in [6.45, 7) is 4.95. The van der Waals surface area contributed by atoms with Gasteiger partial charge in [-0.2, -0.15) is 0 Å². The van der Waals surface area contributed by atoms with Crippen molar-refractivity contribution in [2.24, 2.45) is 5.92 Å². The monoisotopic (exact) mass is 131 g/mol. The number of alkyl halides is 1. The minimum absolute atomic E-state index is 0.0706. The highest BCUT2D eigenvalue weighted by atomic mass is 19.1. The molecule has 0 aliphatic carbocycles. The van der Waals surface area contributed by atoms with Gasteiger partial charge in [0, 0.05) is 6.04 Å².